The van der Waals surface area contributed by atoms with E-state index in [2.05, 4.69) is 9.62 Å². The van der Waals surface area contributed by atoms with Gasteiger partial charge in [-0.2, -0.15) is 0 Å². The zero-order chi connectivity index (χ0) is 28.6. The maximum atomic E-state index is 13.5. The molecular weight excluding hydrogens is 564 g/mol. The normalized spacial score (nSPS) is 28.4. The van der Waals surface area contributed by atoms with Gasteiger partial charge in [-0.3, -0.25) is 4.79 Å². The Morgan fingerprint density at radius 2 is 1.90 bits per heavy atom. The van der Waals surface area contributed by atoms with Gasteiger partial charge in [-0.05, 0) is 105 Å². The second-order valence-corrected chi connectivity index (χ2v) is 13.9. The summed E-state index contributed by atoms with van der Waals surface area (Å²) in [4.78, 5) is 15.4. The lowest BCUT2D eigenvalue weighted by Crippen LogP contribution is -2.55. The topological polar surface area (TPSA) is 105 Å². The number of aliphatic hydroxyl groups is 1. The molecule has 1 amide bonds. The van der Waals surface area contributed by atoms with E-state index in [0.717, 1.165) is 49.7 Å². The Hall–Kier alpha value is -2.59. The lowest BCUT2D eigenvalue weighted by Gasteiger charge is -2.43. The number of aryl methyl sites for hydroxylation is 1. The van der Waals surface area contributed by atoms with Crippen LogP contribution >= 0.6 is 11.6 Å². The summed E-state index contributed by atoms with van der Waals surface area (Å²) in [6.45, 7) is 1.83. The number of carbonyl (C=O) groups is 1. The SMILES string of the molecule is O=C1NS(=O)(=O)c2ccc3c(c2)N(CCCCc2cc(Cl)ccc2CO3)C[C@@H]2CC[C@H]2[C@@H](O)/C=C/COC12CCC2. The number of nitrogens with one attached hydrogen (secondary N) is 1. The lowest BCUT2D eigenvalue weighted by atomic mass is 9.70. The summed E-state index contributed by atoms with van der Waals surface area (Å²) in [5.74, 6) is 0.273. The molecule has 2 saturated carbocycles. The molecule has 0 unspecified atom stereocenters. The minimum atomic E-state index is -4.16. The van der Waals surface area contributed by atoms with Crippen LogP contribution in [0.25, 0.3) is 0 Å². The minimum absolute atomic E-state index is 0.00640. The van der Waals surface area contributed by atoms with Crippen molar-refractivity contribution in [2.24, 2.45) is 11.8 Å². The highest BCUT2D eigenvalue weighted by Gasteiger charge is 2.47. The zero-order valence-corrected chi connectivity index (χ0v) is 24.6. The van der Waals surface area contributed by atoms with Gasteiger partial charge in [-0.25, -0.2) is 13.1 Å². The Morgan fingerprint density at radius 3 is 2.66 bits per heavy atom. The lowest BCUT2D eigenvalue weighted by molar-refractivity contribution is -0.155. The van der Waals surface area contributed by atoms with Gasteiger partial charge in [-0.1, -0.05) is 29.8 Å². The van der Waals surface area contributed by atoms with Crippen LogP contribution in [0.2, 0.25) is 5.02 Å². The van der Waals surface area contributed by atoms with Crippen molar-refractivity contribution in [2.45, 2.75) is 74.6 Å². The molecule has 2 aliphatic heterocycles. The predicted octanol–water partition coefficient (Wildman–Crippen LogP) is 4.76. The fourth-order valence-corrected chi connectivity index (χ4v) is 7.65. The Bertz CT molecular complexity index is 1440. The fourth-order valence-electron chi connectivity index (χ4n) is 6.39. The highest BCUT2D eigenvalue weighted by Crippen LogP contribution is 2.42. The highest BCUT2D eigenvalue weighted by molar-refractivity contribution is 7.90. The van der Waals surface area contributed by atoms with E-state index >= 15 is 0 Å². The number of hydrogen-bond donors (Lipinski definition) is 2. The monoisotopic (exact) mass is 600 g/mol. The maximum Gasteiger partial charge on any atom is 0.265 e. The largest absolute Gasteiger partial charge is 0.487 e. The molecule has 220 valence electrons. The molecule has 2 N–H and O–H groups in total. The van der Waals surface area contributed by atoms with Gasteiger partial charge in [-0.15, -0.1) is 0 Å². The third kappa shape index (κ3) is 5.87. The summed E-state index contributed by atoms with van der Waals surface area (Å²) >= 11 is 6.29. The smallest absolute Gasteiger partial charge is 0.265 e. The van der Waals surface area contributed by atoms with Gasteiger partial charge in [0, 0.05) is 18.1 Å². The highest BCUT2D eigenvalue weighted by atomic mass is 35.5. The molecule has 2 aromatic carbocycles. The van der Waals surface area contributed by atoms with Crippen molar-refractivity contribution < 1.29 is 27.8 Å². The molecule has 8 nitrogen and oxygen atoms in total. The first kappa shape index (κ1) is 28.5. The number of nitrogens with zero attached hydrogens (tertiary/aromatic N) is 1. The molecule has 2 heterocycles. The van der Waals surface area contributed by atoms with Crippen molar-refractivity contribution in [2.75, 3.05) is 24.6 Å². The average Bonchev–Trinajstić information content (AvgIpc) is 2.92. The van der Waals surface area contributed by atoms with Crippen molar-refractivity contribution in [1.29, 1.82) is 0 Å². The van der Waals surface area contributed by atoms with E-state index in [-0.39, 0.29) is 23.3 Å². The number of aliphatic hydroxyl groups excluding tert-OH is 1. The number of fused-ring (bicyclic) bond motifs is 3. The van der Waals surface area contributed by atoms with Crippen LogP contribution in [0.15, 0.2) is 53.4 Å². The van der Waals surface area contributed by atoms with Gasteiger partial charge < -0.3 is 19.5 Å². The molecule has 10 heteroatoms. The van der Waals surface area contributed by atoms with E-state index < -0.39 is 27.6 Å². The Morgan fingerprint density at radius 1 is 1.05 bits per heavy atom. The van der Waals surface area contributed by atoms with Gasteiger partial charge in [0.2, 0.25) is 0 Å². The van der Waals surface area contributed by atoms with Crippen LogP contribution in [0.5, 0.6) is 5.75 Å². The molecule has 0 radical (unpaired) electrons. The van der Waals surface area contributed by atoms with Crippen molar-refractivity contribution in [1.82, 2.24) is 4.72 Å². The van der Waals surface area contributed by atoms with Gasteiger partial charge in [0.05, 0.1) is 23.3 Å². The van der Waals surface area contributed by atoms with Crippen LogP contribution in [0, 0.1) is 11.8 Å². The molecule has 4 aliphatic rings. The summed E-state index contributed by atoms with van der Waals surface area (Å²) in [5.41, 5.74) is 1.70. The van der Waals surface area contributed by atoms with Crippen molar-refractivity contribution in [3.63, 3.8) is 0 Å². The second-order valence-electron chi connectivity index (χ2n) is 11.7. The van der Waals surface area contributed by atoms with Crippen LogP contribution in [0.3, 0.4) is 0 Å². The van der Waals surface area contributed by atoms with E-state index in [1.54, 1.807) is 24.3 Å². The number of amides is 1. The molecular formula is C31H37ClN2O6S. The van der Waals surface area contributed by atoms with Crippen molar-refractivity contribution >= 4 is 33.2 Å². The standard InChI is InChI=1S/C31H37ClN2O6S/c32-24-9-7-23-20-39-29-12-10-25-18-27(29)34(15-2-1-5-21(23)17-24)19-22-8-11-26(22)28(35)6-3-16-40-31(13-4-14-31)30(36)33-41(25,37)38/h3,6-7,9-10,12,17-18,22,26,28,35H,1-2,4-5,8,11,13-16,19-20H2,(H,33,36)/b6-3+/t22-,26+,28-/m0/s1. The number of rotatable bonds is 0. The van der Waals surface area contributed by atoms with E-state index in [9.17, 15) is 18.3 Å². The summed E-state index contributed by atoms with van der Waals surface area (Å²) in [5, 5.41) is 11.7. The quantitative estimate of drug-likeness (QED) is 0.420. The Labute approximate surface area is 246 Å². The van der Waals surface area contributed by atoms with Crippen LogP contribution in [0.1, 0.15) is 56.1 Å². The molecule has 41 heavy (non-hydrogen) atoms. The molecule has 2 bridgehead atoms. The zero-order valence-electron chi connectivity index (χ0n) is 23.1. The molecule has 1 spiro atoms. The van der Waals surface area contributed by atoms with Crippen molar-refractivity contribution in [3.8, 4) is 5.75 Å². The number of carbonyl (C=O) groups excluding carboxylic acids is 1. The number of ether oxygens (including phenoxy) is 2. The van der Waals surface area contributed by atoms with Gasteiger partial charge >= 0.3 is 0 Å². The number of sulfonamides is 1. The second kappa shape index (κ2) is 11.6. The first-order valence-corrected chi connectivity index (χ1v) is 16.5. The van der Waals surface area contributed by atoms with Crippen LogP contribution < -0.4 is 14.4 Å². The number of anilines is 1. The third-order valence-electron chi connectivity index (χ3n) is 9.22. The molecule has 2 aromatic rings. The van der Waals surface area contributed by atoms with Crippen molar-refractivity contribution in [3.05, 3.63) is 64.7 Å². The van der Waals surface area contributed by atoms with E-state index in [1.165, 1.54) is 6.07 Å². The van der Waals surface area contributed by atoms with E-state index in [1.807, 2.05) is 18.2 Å². The first-order valence-electron chi connectivity index (χ1n) is 14.6. The number of benzene rings is 2. The van der Waals surface area contributed by atoms with E-state index in [0.29, 0.717) is 49.0 Å². The Kier molecular flexibility index (Phi) is 8.06. The third-order valence-corrected chi connectivity index (χ3v) is 10.8. The van der Waals surface area contributed by atoms with Gasteiger partial charge in [0.25, 0.3) is 15.9 Å². The predicted molar refractivity (Wildman–Crippen MR) is 157 cm³/mol. The summed E-state index contributed by atoms with van der Waals surface area (Å²) in [6, 6.07) is 10.6. The van der Waals surface area contributed by atoms with Gasteiger partial charge in [0.1, 0.15) is 18.0 Å². The first-order chi connectivity index (χ1) is 19.7. The number of halogens is 1. The fraction of sp³-hybridized carbons (Fsp3) is 0.516. The molecule has 0 aromatic heterocycles. The van der Waals surface area contributed by atoms with Crippen LogP contribution in [0.4, 0.5) is 5.69 Å². The molecule has 2 aliphatic carbocycles. The molecule has 6 rings (SSSR count). The molecule has 0 saturated heterocycles. The minimum Gasteiger partial charge on any atom is -0.487 e. The molecule has 2 fully saturated rings. The van der Waals surface area contributed by atoms with Crippen LogP contribution in [-0.2, 0) is 32.6 Å². The maximum absolute atomic E-state index is 13.5. The van der Waals surface area contributed by atoms with E-state index in [4.69, 9.17) is 21.1 Å². The summed E-state index contributed by atoms with van der Waals surface area (Å²) in [7, 11) is -4.16. The summed E-state index contributed by atoms with van der Waals surface area (Å²) in [6.07, 6.45) is 9.19. The van der Waals surface area contributed by atoms with Crippen LogP contribution in [-0.4, -0.2) is 50.8 Å². The number of hydrogen-bond acceptors (Lipinski definition) is 7. The molecule has 3 atom stereocenters. The Balaban J connectivity index is 1.39. The average molecular weight is 601 g/mol. The van der Waals surface area contributed by atoms with Gasteiger partial charge in [0.15, 0.2) is 0 Å². The summed E-state index contributed by atoms with van der Waals surface area (Å²) < 4.78 is 41.6.